The molecule has 0 saturated carbocycles. The smallest absolute Gasteiger partial charge is 0.0571 e. The fourth-order valence-electron chi connectivity index (χ4n) is 1.41. The van der Waals surface area contributed by atoms with E-state index in [0.29, 0.717) is 13.1 Å². The predicted molar refractivity (Wildman–Crippen MR) is 67.5 cm³/mol. The molecule has 5 heteroatoms. The third kappa shape index (κ3) is 2.99. The summed E-state index contributed by atoms with van der Waals surface area (Å²) in [4.78, 5) is 8.40. The van der Waals surface area contributed by atoms with Crippen LogP contribution in [0.5, 0.6) is 0 Å². The van der Waals surface area contributed by atoms with Gasteiger partial charge in [-0.2, -0.15) is 0 Å². The minimum absolute atomic E-state index is 0.451. The SMILES string of the molecule is NCc1ccc(Nc2ccc(CN)nc2)cn1. The van der Waals surface area contributed by atoms with E-state index in [0.717, 1.165) is 22.8 Å². The van der Waals surface area contributed by atoms with E-state index < -0.39 is 0 Å². The molecule has 0 spiro atoms. The Hall–Kier alpha value is -1.98. The maximum absolute atomic E-state index is 5.48. The zero-order valence-electron chi connectivity index (χ0n) is 9.43. The fourth-order valence-corrected chi connectivity index (χ4v) is 1.41. The fraction of sp³-hybridized carbons (Fsp3) is 0.167. The third-order valence-corrected chi connectivity index (χ3v) is 2.36. The van der Waals surface area contributed by atoms with E-state index in [-0.39, 0.29) is 0 Å². The van der Waals surface area contributed by atoms with Crippen molar-refractivity contribution >= 4 is 11.4 Å². The van der Waals surface area contributed by atoms with Gasteiger partial charge in [0, 0.05) is 13.1 Å². The number of hydrogen-bond donors (Lipinski definition) is 3. The lowest BCUT2D eigenvalue weighted by Crippen LogP contribution is -2.01. The Morgan fingerprint density at radius 2 is 1.29 bits per heavy atom. The topological polar surface area (TPSA) is 89.8 Å². The van der Waals surface area contributed by atoms with Crippen LogP contribution in [-0.4, -0.2) is 9.97 Å². The van der Waals surface area contributed by atoms with Crippen molar-refractivity contribution in [3.05, 3.63) is 48.0 Å². The minimum atomic E-state index is 0.451. The van der Waals surface area contributed by atoms with Gasteiger partial charge >= 0.3 is 0 Å². The summed E-state index contributed by atoms with van der Waals surface area (Å²) in [5.41, 5.74) is 14.5. The first-order valence-electron chi connectivity index (χ1n) is 5.39. The van der Waals surface area contributed by atoms with E-state index in [1.54, 1.807) is 12.4 Å². The Balaban J connectivity index is 2.08. The summed E-state index contributed by atoms with van der Waals surface area (Å²) >= 11 is 0. The first-order valence-corrected chi connectivity index (χ1v) is 5.39. The molecule has 2 aromatic rings. The summed E-state index contributed by atoms with van der Waals surface area (Å²) in [5, 5.41) is 3.20. The number of aromatic nitrogens is 2. The summed E-state index contributed by atoms with van der Waals surface area (Å²) in [6.45, 7) is 0.903. The monoisotopic (exact) mass is 229 g/mol. The number of nitrogens with zero attached hydrogens (tertiary/aromatic N) is 2. The molecule has 0 atom stereocenters. The highest BCUT2D eigenvalue weighted by Gasteiger charge is 1.97. The van der Waals surface area contributed by atoms with E-state index in [4.69, 9.17) is 11.5 Å². The Kier molecular flexibility index (Phi) is 3.64. The van der Waals surface area contributed by atoms with Crippen LogP contribution in [0.3, 0.4) is 0 Å². The van der Waals surface area contributed by atoms with Gasteiger partial charge in [0.05, 0.1) is 35.2 Å². The molecule has 5 N–H and O–H groups in total. The van der Waals surface area contributed by atoms with E-state index >= 15 is 0 Å². The molecule has 0 saturated heterocycles. The third-order valence-electron chi connectivity index (χ3n) is 2.36. The Labute approximate surface area is 99.9 Å². The molecule has 0 bridgehead atoms. The first kappa shape index (κ1) is 11.5. The van der Waals surface area contributed by atoms with E-state index in [1.807, 2.05) is 24.3 Å². The Morgan fingerprint density at radius 3 is 1.59 bits per heavy atom. The van der Waals surface area contributed by atoms with Crippen LogP contribution in [0, 0.1) is 0 Å². The van der Waals surface area contributed by atoms with Crippen LogP contribution < -0.4 is 16.8 Å². The summed E-state index contributed by atoms with van der Waals surface area (Å²) < 4.78 is 0. The van der Waals surface area contributed by atoms with Gasteiger partial charge in [-0.05, 0) is 24.3 Å². The quantitative estimate of drug-likeness (QED) is 0.731. The maximum Gasteiger partial charge on any atom is 0.0571 e. The van der Waals surface area contributed by atoms with Gasteiger partial charge in [0.1, 0.15) is 0 Å². The Bertz CT molecular complexity index is 418. The van der Waals surface area contributed by atoms with Crippen molar-refractivity contribution in [3.63, 3.8) is 0 Å². The Morgan fingerprint density at radius 1 is 0.824 bits per heavy atom. The number of nitrogens with two attached hydrogens (primary N) is 2. The molecule has 0 aromatic carbocycles. The van der Waals surface area contributed by atoms with Gasteiger partial charge in [0.25, 0.3) is 0 Å². The second kappa shape index (κ2) is 5.38. The zero-order chi connectivity index (χ0) is 12.1. The number of anilines is 2. The summed E-state index contributed by atoms with van der Waals surface area (Å²) in [6, 6.07) is 7.66. The summed E-state index contributed by atoms with van der Waals surface area (Å²) in [6.07, 6.45) is 3.50. The van der Waals surface area contributed by atoms with Crippen LogP contribution in [0.25, 0.3) is 0 Å². The zero-order valence-corrected chi connectivity index (χ0v) is 9.43. The van der Waals surface area contributed by atoms with Gasteiger partial charge in [-0.3, -0.25) is 9.97 Å². The molecule has 0 amide bonds. The van der Waals surface area contributed by atoms with Crippen molar-refractivity contribution in [1.82, 2.24) is 9.97 Å². The highest BCUT2D eigenvalue weighted by Crippen LogP contribution is 2.14. The number of nitrogens with one attached hydrogen (secondary N) is 1. The van der Waals surface area contributed by atoms with Crippen LogP contribution in [-0.2, 0) is 13.1 Å². The van der Waals surface area contributed by atoms with Crippen molar-refractivity contribution in [1.29, 1.82) is 0 Å². The van der Waals surface area contributed by atoms with Crippen molar-refractivity contribution in [2.75, 3.05) is 5.32 Å². The van der Waals surface area contributed by atoms with Crippen LogP contribution >= 0.6 is 0 Å². The summed E-state index contributed by atoms with van der Waals surface area (Å²) in [5.74, 6) is 0. The molecule has 5 nitrogen and oxygen atoms in total. The second-order valence-electron chi connectivity index (χ2n) is 3.61. The predicted octanol–water partition coefficient (Wildman–Crippen LogP) is 1.14. The highest BCUT2D eigenvalue weighted by molar-refractivity contribution is 5.57. The first-order chi connectivity index (χ1) is 8.31. The molecule has 0 fully saturated rings. The van der Waals surface area contributed by atoms with Gasteiger partial charge in [0.2, 0.25) is 0 Å². The van der Waals surface area contributed by atoms with E-state index in [2.05, 4.69) is 15.3 Å². The molecule has 0 aliphatic rings. The average molecular weight is 229 g/mol. The number of rotatable bonds is 4. The summed E-state index contributed by atoms with van der Waals surface area (Å²) in [7, 11) is 0. The van der Waals surface area contributed by atoms with Crippen LogP contribution in [0.1, 0.15) is 11.4 Å². The molecule has 2 aromatic heterocycles. The van der Waals surface area contributed by atoms with Crippen LogP contribution in [0.4, 0.5) is 11.4 Å². The lowest BCUT2D eigenvalue weighted by Gasteiger charge is -2.06. The van der Waals surface area contributed by atoms with Crippen molar-refractivity contribution in [3.8, 4) is 0 Å². The van der Waals surface area contributed by atoms with Crippen molar-refractivity contribution < 1.29 is 0 Å². The number of hydrogen-bond acceptors (Lipinski definition) is 5. The molecule has 2 heterocycles. The highest BCUT2D eigenvalue weighted by atomic mass is 14.9. The lowest BCUT2D eigenvalue weighted by molar-refractivity contribution is 0.988. The van der Waals surface area contributed by atoms with Crippen LogP contribution in [0.15, 0.2) is 36.7 Å². The standard InChI is InChI=1S/C12H15N5/c13-5-9-1-3-11(7-15-9)17-12-4-2-10(6-14)16-8-12/h1-4,7-8,17H,5-6,13-14H2. The van der Waals surface area contributed by atoms with Gasteiger partial charge < -0.3 is 16.8 Å². The van der Waals surface area contributed by atoms with Gasteiger partial charge in [-0.1, -0.05) is 0 Å². The average Bonchev–Trinajstić information content (AvgIpc) is 2.40. The lowest BCUT2D eigenvalue weighted by atomic mass is 10.3. The molecule has 2 rings (SSSR count). The molecule has 0 radical (unpaired) electrons. The van der Waals surface area contributed by atoms with Gasteiger partial charge in [-0.25, -0.2) is 0 Å². The van der Waals surface area contributed by atoms with Crippen LogP contribution in [0.2, 0.25) is 0 Å². The van der Waals surface area contributed by atoms with Crippen molar-refractivity contribution in [2.24, 2.45) is 11.5 Å². The van der Waals surface area contributed by atoms with Gasteiger partial charge in [0.15, 0.2) is 0 Å². The molecular weight excluding hydrogens is 214 g/mol. The van der Waals surface area contributed by atoms with E-state index in [9.17, 15) is 0 Å². The second-order valence-corrected chi connectivity index (χ2v) is 3.61. The van der Waals surface area contributed by atoms with Crippen molar-refractivity contribution in [2.45, 2.75) is 13.1 Å². The number of pyridine rings is 2. The van der Waals surface area contributed by atoms with E-state index in [1.165, 1.54) is 0 Å². The van der Waals surface area contributed by atoms with Gasteiger partial charge in [-0.15, -0.1) is 0 Å². The molecule has 88 valence electrons. The molecule has 0 aliphatic carbocycles. The minimum Gasteiger partial charge on any atom is -0.353 e. The molecular formula is C12H15N5. The molecule has 0 unspecified atom stereocenters. The normalized spacial score (nSPS) is 10.2. The molecule has 0 aliphatic heterocycles. The largest absolute Gasteiger partial charge is 0.353 e. The maximum atomic E-state index is 5.48. The molecule has 17 heavy (non-hydrogen) atoms.